The fourth-order valence-electron chi connectivity index (χ4n) is 3.24. The molecule has 2 aromatic carbocycles. The van der Waals surface area contributed by atoms with Crippen molar-refractivity contribution in [3.8, 4) is 5.75 Å². The highest BCUT2D eigenvalue weighted by molar-refractivity contribution is 6.31. The number of esters is 1. The number of carbonyl (C=O) groups is 2. The van der Waals surface area contributed by atoms with Gasteiger partial charge < -0.3 is 19.6 Å². The summed E-state index contributed by atoms with van der Waals surface area (Å²) in [6.45, 7) is 2.16. The number of benzene rings is 2. The van der Waals surface area contributed by atoms with Crippen LogP contribution >= 0.6 is 11.6 Å². The third-order valence-corrected chi connectivity index (χ3v) is 5.01. The van der Waals surface area contributed by atoms with Crippen LogP contribution in [0.1, 0.15) is 52.3 Å². The molecule has 1 heterocycles. The molecule has 0 aliphatic rings. The maximum absolute atomic E-state index is 12.0. The third kappa shape index (κ3) is 5.44. The maximum atomic E-state index is 12.0. The summed E-state index contributed by atoms with van der Waals surface area (Å²) in [7, 11) is 1.30. The van der Waals surface area contributed by atoms with Crippen molar-refractivity contribution in [1.29, 1.82) is 0 Å². The van der Waals surface area contributed by atoms with Gasteiger partial charge >= 0.3 is 11.9 Å². The molecule has 1 atom stereocenters. The molecule has 7 nitrogen and oxygen atoms in total. The number of ether oxygens (including phenoxy) is 2. The van der Waals surface area contributed by atoms with Crippen molar-refractivity contribution in [3.63, 3.8) is 0 Å². The van der Waals surface area contributed by atoms with Gasteiger partial charge in [0.15, 0.2) is 0 Å². The number of methoxy groups -OCH3 is 1. The topological polar surface area (TPSA) is 102 Å². The zero-order valence-electron chi connectivity index (χ0n) is 17.2. The standard InChI is InChI=1S/C23H23ClN2O5/c1-3-4-20-25-12-19(26-20)21(22(27)28)14-6-9-17(10-7-14)31-13-15-5-8-16(24)11-18(15)23(29)30-2/h5-12,21H,3-4,13H2,1-2H3,(H,25,26)(H,27,28). The second-order valence-electron chi connectivity index (χ2n) is 6.96. The molecule has 1 aromatic heterocycles. The van der Waals surface area contributed by atoms with E-state index in [1.807, 2.05) is 6.92 Å². The van der Waals surface area contributed by atoms with E-state index >= 15 is 0 Å². The van der Waals surface area contributed by atoms with E-state index < -0.39 is 17.9 Å². The van der Waals surface area contributed by atoms with Crippen molar-refractivity contribution in [3.05, 3.63) is 81.9 Å². The number of imidazole rings is 1. The number of nitrogens with one attached hydrogen (secondary N) is 1. The van der Waals surface area contributed by atoms with Crippen molar-refractivity contribution < 1.29 is 24.2 Å². The molecule has 0 saturated carbocycles. The summed E-state index contributed by atoms with van der Waals surface area (Å²) in [4.78, 5) is 31.2. The second kappa shape index (κ2) is 10.1. The quantitative estimate of drug-likeness (QED) is 0.470. The number of carbonyl (C=O) groups excluding carboxylic acids is 1. The summed E-state index contributed by atoms with van der Waals surface area (Å²) in [5.74, 6) is -1.01. The number of aliphatic carboxylic acids is 1. The number of nitrogens with zero attached hydrogens (tertiary/aromatic N) is 1. The first kappa shape index (κ1) is 22.4. The SMILES string of the molecule is CCCc1ncc(C(C(=O)O)c2ccc(OCc3ccc(Cl)cc3C(=O)OC)cc2)[nH]1. The summed E-state index contributed by atoms with van der Waals surface area (Å²) in [5.41, 5.74) is 2.10. The monoisotopic (exact) mass is 442 g/mol. The van der Waals surface area contributed by atoms with Crippen LogP contribution in [-0.2, 0) is 22.6 Å². The summed E-state index contributed by atoms with van der Waals surface area (Å²) < 4.78 is 10.6. The molecular weight excluding hydrogens is 420 g/mol. The third-order valence-electron chi connectivity index (χ3n) is 4.78. The number of H-pyrrole nitrogens is 1. The lowest BCUT2D eigenvalue weighted by molar-refractivity contribution is -0.137. The lowest BCUT2D eigenvalue weighted by atomic mass is 9.96. The average molecular weight is 443 g/mol. The van der Waals surface area contributed by atoms with E-state index in [1.165, 1.54) is 13.2 Å². The molecule has 0 bridgehead atoms. The maximum Gasteiger partial charge on any atom is 0.338 e. The lowest BCUT2D eigenvalue weighted by Crippen LogP contribution is -2.13. The van der Waals surface area contributed by atoms with Gasteiger partial charge in [-0.15, -0.1) is 0 Å². The van der Waals surface area contributed by atoms with Crippen molar-refractivity contribution in [2.75, 3.05) is 7.11 Å². The minimum atomic E-state index is -0.968. The van der Waals surface area contributed by atoms with Gasteiger partial charge in [-0.1, -0.05) is 36.7 Å². The molecule has 0 saturated heterocycles. The molecule has 162 valence electrons. The van der Waals surface area contributed by atoms with Gasteiger partial charge in [-0.05, 0) is 36.2 Å². The van der Waals surface area contributed by atoms with Crippen molar-refractivity contribution in [1.82, 2.24) is 9.97 Å². The largest absolute Gasteiger partial charge is 0.489 e. The Labute approximate surface area is 185 Å². The Morgan fingerprint density at radius 1 is 1.19 bits per heavy atom. The van der Waals surface area contributed by atoms with Crippen LogP contribution in [0.5, 0.6) is 5.75 Å². The zero-order chi connectivity index (χ0) is 22.4. The van der Waals surface area contributed by atoms with Crippen molar-refractivity contribution in [2.45, 2.75) is 32.3 Å². The number of carboxylic acids is 1. The number of aryl methyl sites for hydroxylation is 1. The van der Waals surface area contributed by atoms with Crippen LogP contribution in [0, 0.1) is 0 Å². The number of hydrogen-bond acceptors (Lipinski definition) is 5. The molecule has 3 aromatic rings. The summed E-state index contributed by atoms with van der Waals surface area (Å²) >= 11 is 5.97. The molecule has 3 rings (SSSR count). The molecule has 0 amide bonds. The van der Waals surface area contributed by atoms with Gasteiger partial charge in [0.05, 0.1) is 18.4 Å². The first-order chi connectivity index (χ1) is 14.9. The van der Waals surface area contributed by atoms with Gasteiger partial charge in [-0.3, -0.25) is 4.79 Å². The van der Waals surface area contributed by atoms with E-state index in [1.54, 1.807) is 42.6 Å². The van der Waals surface area contributed by atoms with E-state index in [-0.39, 0.29) is 6.61 Å². The first-order valence-corrected chi connectivity index (χ1v) is 10.2. The van der Waals surface area contributed by atoms with Crippen LogP contribution < -0.4 is 4.74 Å². The van der Waals surface area contributed by atoms with E-state index in [0.29, 0.717) is 33.2 Å². The van der Waals surface area contributed by atoms with E-state index in [9.17, 15) is 14.7 Å². The molecule has 0 aliphatic heterocycles. The van der Waals surface area contributed by atoms with Crippen molar-refractivity contribution in [2.24, 2.45) is 0 Å². The highest BCUT2D eigenvalue weighted by Crippen LogP contribution is 2.27. The molecule has 2 N–H and O–H groups in total. The average Bonchev–Trinajstić information content (AvgIpc) is 3.21. The molecule has 0 aliphatic carbocycles. The molecule has 0 radical (unpaired) electrons. The highest BCUT2D eigenvalue weighted by Gasteiger charge is 2.24. The molecule has 8 heteroatoms. The molecule has 1 unspecified atom stereocenters. The molecule has 31 heavy (non-hydrogen) atoms. The molecule has 0 spiro atoms. The minimum Gasteiger partial charge on any atom is -0.489 e. The van der Waals surface area contributed by atoms with Gasteiger partial charge in [-0.2, -0.15) is 0 Å². The van der Waals surface area contributed by atoms with Crippen LogP contribution in [-0.4, -0.2) is 34.1 Å². The second-order valence-corrected chi connectivity index (χ2v) is 7.39. The van der Waals surface area contributed by atoms with Gasteiger partial charge in [-0.25, -0.2) is 9.78 Å². The van der Waals surface area contributed by atoms with Gasteiger partial charge in [0.25, 0.3) is 0 Å². The van der Waals surface area contributed by atoms with Crippen LogP contribution in [0.4, 0.5) is 0 Å². The molecular formula is C23H23ClN2O5. The Balaban J connectivity index is 1.75. The summed E-state index contributed by atoms with van der Waals surface area (Å²) in [6.07, 6.45) is 3.25. The fraction of sp³-hybridized carbons (Fsp3) is 0.261. The predicted octanol–water partition coefficient (Wildman–Crippen LogP) is 4.60. The number of aromatic amines is 1. The Bertz CT molecular complexity index is 1060. The Morgan fingerprint density at radius 2 is 1.94 bits per heavy atom. The fourth-order valence-corrected chi connectivity index (χ4v) is 3.41. The summed E-state index contributed by atoms with van der Waals surface area (Å²) in [5, 5.41) is 10.2. The van der Waals surface area contributed by atoms with Crippen LogP contribution in [0.3, 0.4) is 0 Å². The smallest absolute Gasteiger partial charge is 0.338 e. The Kier molecular flexibility index (Phi) is 7.31. The van der Waals surface area contributed by atoms with E-state index in [2.05, 4.69) is 9.97 Å². The van der Waals surface area contributed by atoms with Gasteiger partial charge in [0.1, 0.15) is 24.1 Å². The van der Waals surface area contributed by atoms with Gasteiger partial charge in [0, 0.05) is 23.2 Å². The molecule has 0 fully saturated rings. The number of rotatable bonds is 9. The number of halogens is 1. The normalized spacial score (nSPS) is 11.7. The predicted molar refractivity (Wildman–Crippen MR) is 116 cm³/mol. The minimum absolute atomic E-state index is 0.129. The number of carboxylic acid groups (broad SMARTS) is 1. The highest BCUT2D eigenvalue weighted by atomic mass is 35.5. The number of hydrogen-bond donors (Lipinski definition) is 2. The lowest BCUT2D eigenvalue weighted by Gasteiger charge is -2.13. The van der Waals surface area contributed by atoms with Crippen LogP contribution in [0.25, 0.3) is 0 Å². The summed E-state index contributed by atoms with van der Waals surface area (Å²) in [6, 6.07) is 11.7. The Morgan fingerprint density at radius 3 is 2.58 bits per heavy atom. The van der Waals surface area contributed by atoms with E-state index in [0.717, 1.165) is 18.7 Å². The van der Waals surface area contributed by atoms with E-state index in [4.69, 9.17) is 21.1 Å². The number of aromatic nitrogens is 2. The van der Waals surface area contributed by atoms with Crippen molar-refractivity contribution >= 4 is 23.5 Å². The zero-order valence-corrected chi connectivity index (χ0v) is 18.0. The Hall–Kier alpha value is -3.32. The van der Waals surface area contributed by atoms with Crippen LogP contribution in [0.15, 0.2) is 48.7 Å². The first-order valence-electron chi connectivity index (χ1n) is 9.79. The van der Waals surface area contributed by atoms with Crippen LogP contribution in [0.2, 0.25) is 5.02 Å². The van der Waals surface area contributed by atoms with Gasteiger partial charge in [0.2, 0.25) is 0 Å².